The van der Waals surface area contributed by atoms with Crippen LogP contribution < -0.4 is 16.0 Å². The number of pyridine rings is 1. The summed E-state index contributed by atoms with van der Waals surface area (Å²) in [6.45, 7) is 3.98. The molecule has 2 atom stereocenters. The van der Waals surface area contributed by atoms with Gasteiger partial charge in [-0.2, -0.15) is 0 Å². The quantitative estimate of drug-likeness (QED) is 0.892. The Hall–Kier alpha value is -1.33. The first kappa shape index (κ1) is 15.0. The number of nitrogens with one attached hydrogen (secondary N) is 1. The van der Waals surface area contributed by atoms with Gasteiger partial charge >= 0.3 is 0 Å². The second-order valence-electron chi connectivity index (χ2n) is 8.56. The molecule has 24 heavy (non-hydrogen) atoms. The zero-order valence-electron chi connectivity index (χ0n) is 14.5. The maximum Gasteiger partial charge on any atom is 0.129 e. The molecular weight excluding hydrogens is 300 g/mol. The molecule has 3 saturated heterocycles. The second kappa shape index (κ2) is 5.33. The summed E-state index contributed by atoms with van der Waals surface area (Å²) in [5.74, 6) is 1.12. The summed E-state index contributed by atoms with van der Waals surface area (Å²) in [5.41, 5.74) is 8.84. The summed E-state index contributed by atoms with van der Waals surface area (Å²) in [4.78, 5) is 7.34. The molecule has 5 aliphatic rings. The number of piperidine rings is 1. The number of hydrogen-bond acceptors (Lipinski definition) is 5. The molecule has 1 aromatic heterocycles. The first-order valence-electron chi connectivity index (χ1n) is 9.48. The van der Waals surface area contributed by atoms with Gasteiger partial charge in [0.25, 0.3) is 0 Å². The number of nitrogens with zero attached hydrogens (tertiary/aromatic N) is 2. The van der Waals surface area contributed by atoms with E-state index in [-0.39, 0.29) is 0 Å². The zero-order chi connectivity index (χ0) is 16.3. The highest BCUT2D eigenvalue weighted by atomic mass is 16.5. The molecule has 2 aliphatic carbocycles. The van der Waals surface area contributed by atoms with Gasteiger partial charge in [0.1, 0.15) is 5.82 Å². The number of rotatable bonds is 3. The third-order valence-electron chi connectivity index (χ3n) is 6.66. The van der Waals surface area contributed by atoms with Crippen LogP contribution in [-0.4, -0.2) is 42.4 Å². The second-order valence-corrected chi connectivity index (χ2v) is 8.56. The largest absolute Gasteiger partial charge is 0.381 e. The molecule has 5 fully saturated rings. The monoisotopic (exact) mass is 328 g/mol. The molecule has 0 radical (unpaired) electrons. The topological polar surface area (TPSA) is 63.4 Å². The van der Waals surface area contributed by atoms with Crippen molar-refractivity contribution in [1.29, 1.82) is 0 Å². The van der Waals surface area contributed by atoms with Crippen LogP contribution >= 0.6 is 0 Å². The van der Waals surface area contributed by atoms with Gasteiger partial charge in [0, 0.05) is 18.6 Å². The molecule has 3 aliphatic heterocycles. The van der Waals surface area contributed by atoms with Crippen LogP contribution in [0, 0.1) is 12.3 Å². The van der Waals surface area contributed by atoms with Crippen LogP contribution in [0.5, 0.6) is 0 Å². The van der Waals surface area contributed by atoms with Gasteiger partial charge in [0.05, 0.1) is 30.1 Å². The van der Waals surface area contributed by atoms with Crippen molar-refractivity contribution in [1.82, 2.24) is 4.98 Å². The van der Waals surface area contributed by atoms with E-state index in [4.69, 9.17) is 15.5 Å². The fourth-order valence-corrected chi connectivity index (χ4v) is 5.38. The van der Waals surface area contributed by atoms with Crippen molar-refractivity contribution < 1.29 is 4.74 Å². The van der Waals surface area contributed by atoms with Crippen molar-refractivity contribution in [3.63, 3.8) is 0 Å². The molecule has 3 N–H and O–H groups in total. The Bertz CT molecular complexity index is 626. The van der Waals surface area contributed by atoms with E-state index in [9.17, 15) is 0 Å². The maximum absolute atomic E-state index is 5.95. The lowest BCUT2D eigenvalue weighted by Gasteiger charge is -2.57. The Labute approximate surface area is 144 Å². The van der Waals surface area contributed by atoms with Crippen molar-refractivity contribution in [3.05, 3.63) is 17.8 Å². The SMILES string of the molecule is Cc1nc(N2CC3CCC2CO3)ccc1NC1CC2(CC(N)C2)C1. The lowest BCUT2D eigenvalue weighted by molar-refractivity contribution is -0.0228. The summed E-state index contributed by atoms with van der Waals surface area (Å²) in [6, 6.07) is 5.97. The predicted octanol–water partition coefficient (Wildman–Crippen LogP) is 2.44. The minimum Gasteiger partial charge on any atom is -0.381 e. The van der Waals surface area contributed by atoms with Crippen LogP contribution in [0.3, 0.4) is 0 Å². The molecule has 2 unspecified atom stereocenters. The Kier molecular flexibility index (Phi) is 3.33. The molecule has 5 heteroatoms. The third-order valence-corrected chi connectivity index (χ3v) is 6.66. The first-order chi connectivity index (χ1) is 11.6. The summed E-state index contributed by atoms with van der Waals surface area (Å²) < 4.78 is 5.81. The van der Waals surface area contributed by atoms with Crippen LogP contribution in [0.1, 0.15) is 44.2 Å². The van der Waals surface area contributed by atoms with Gasteiger partial charge in [0.2, 0.25) is 0 Å². The lowest BCUT2D eigenvalue weighted by Crippen LogP contribution is -2.57. The van der Waals surface area contributed by atoms with E-state index in [0.29, 0.717) is 29.6 Å². The number of nitrogens with two attached hydrogens (primary N) is 1. The van der Waals surface area contributed by atoms with Gasteiger partial charge in [0.15, 0.2) is 0 Å². The molecule has 2 bridgehead atoms. The zero-order valence-corrected chi connectivity index (χ0v) is 14.5. The number of fused-ring (bicyclic) bond motifs is 3. The number of aromatic nitrogens is 1. The van der Waals surface area contributed by atoms with E-state index in [1.807, 2.05) is 0 Å². The van der Waals surface area contributed by atoms with Crippen LogP contribution in [0.2, 0.25) is 0 Å². The smallest absolute Gasteiger partial charge is 0.129 e. The fourth-order valence-electron chi connectivity index (χ4n) is 5.38. The van der Waals surface area contributed by atoms with Gasteiger partial charge in [-0.3, -0.25) is 0 Å². The van der Waals surface area contributed by atoms with Crippen LogP contribution in [-0.2, 0) is 4.74 Å². The first-order valence-corrected chi connectivity index (χ1v) is 9.48. The standard InChI is InChI=1S/C19H28N4O/c1-12-17(22-14-8-19(9-14)6-13(20)7-19)4-5-18(21-12)23-10-16-3-2-15(23)11-24-16/h4-5,13-16,22H,2-3,6-11,20H2,1H3. The normalized spacial score (nSPS) is 40.3. The van der Waals surface area contributed by atoms with E-state index in [1.54, 1.807) is 0 Å². The fraction of sp³-hybridized carbons (Fsp3) is 0.737. The van der Waals surface area contributed by atoms with Crippen LogP contribution in [0.25, 0.3) is 0 Å². The summed E-state index contributed by atoms with van der Waals surface area (Å²) in [5, 5.41) is 3.70. The molecule has 2 saturated carbocycles. The van der Waals surface area contributed by atoms with Gasteiger partial charge in [-0.25, -0.2) is 4.98 Å². The van der Waals surface area contributed by atoms with E-state index < -0.39 is 0 Å². The van der Waals surface area contributed by atoms with Gasteiger partial charge in [-0.1, -0.05) is 0 Å². The Morgan fingerprint density at radius 1 is 1.25 bits per heavy atom. The van der Waals surface area contributed by atoms with Crippen LogP contribution in [0.15, 0.2) is 12.1 Å². The van der Waals surface area contributed by atoms with Crippen molar-refractivity contribution >= 4 is 11.5 Å². The molecule has 4 heterocycles. The minimum absolute atomic E-state index is 0.398. The molecular formula is C19H28N4O. The third kappa shape index (κ3) is 2.40. The van der Waals surface area contributed by atoms with Gasteiger partial charge < -0.3 is 20.7 Å². The number of aryl methyl sites for hydroxylation is 1. The summed E-state index contributed by atoms with van der Waals surface area (Å²) in [6.07, 6.45) is 7.83. The van der Waals surface area contributed by atoms with Crippen LogP contribution in [0.4, 0.5) is 11.5 Å². The number of morpholine rings is 1. The van der Waals surface area contributed by atoms with Crippen molar-refractivity contribution in [2.24, 2.45) is 11.1 Å². The summed E-state index contributed by atoms with van der Waals surface area (Å²) in [7, 11) is 0. The molecule has 6 rings (SSSR count). The highest BCUT2D eigenvalue weighted by Crippen LogP contribution is 2.55. The highest BCUT2D eigenvalue weighted by Gasteiger charge is 2.51. The van der Waals surface area contributed by atoms with E-state index in [1.165, 1.54) is 44.2 Å². The average Bonchev–Trinajstić information content (AvgIpc) is 2.54. The van der Waals surface area contributed by atoms with E-state index >= 15 is 0 Å². The maximum atomic E-state index is 5.95. The molecule has 5 nitrogen and oxygen atoms in total. The van der Waals surface area contributed by atoms with E-state index in [2.05, 4.69) is 29.3 Å². The molecule has 1 aromatic rings. The number of hydrogen-bond donors (Lipinski definition) is 2. The Morgan fingerprint density at radius 2 is 2.08 bits per heavy atom. The minimum atomic E-state index is 0.398. The predicted molar refractivity (Wildman–Crippen MR) is 95.4 cm³/mol. The molecule has 1 spiro atoms. The van der Waals surface area contributed by atoms with Gasteiger partial charge in [-0.15, -0.1) is 0 Å². The Balaban J connectivity index is 1.24. The van der Waals surface area contributed by atoms with Crippen molar-refractivity contribution in [2.75, 3.05) is 23.4 Å². The van der Waals surface area contributed by atoms with E-state index in [0.717, 1.165) is 24.7 Å². The van der Waals surface area contributed by atoms with Crippen molar-refractivity contribution in [2.45, 2.75) is 69.7 Å². The number of anilines is 2. The average molecular weight is 328 g/mol. The molecule has 0 aromatic carbocycles. The lowest BCUT2D eigenvalue weighted by atomic mass is 9.52. The Morgan fingerprint density at radius 3 is 2.67 bits per heavy atom. The molecule has 130 valence electrons. The molecule has 0 amide bonds. The highest BCUT2D eigenvalue weighted by molar-refractivity contribution is 5.55. The van der Waals surface area contributed by atoms with Gasteiger partial charge in [-0.05, 0) is 63.0 Å². The summed E-state index contributed by atoms with van der Waals surface area (Å²) >= 11 is 0. The number of ether oxygens (including phenoxy) is 1. The van der Waals surface area contributed by atoms with Crippen molar-refractivity contribution in [3.8, 4) is 0 Å².